The Morgan fingerprint density at radius 2 is 2.00 bits per heavy atom. The molecule has 2 rings (SSSR count). The fourth-order valence-corrected chi connectivity index (χ4v) is 2.49. The van der Waals surface area contributed by atoms with E-state index in [0.29, 0.717) is 12.1 Å². The molecule has 0 radical (unpaired) electrons. The van der Waals surface area contributed by atoms with E-state index < -0.39 is 9.84 Å². The number of nitrogens with zero attached hydrogens (tertiary/aromatic N) is 1. The lowest BCUT2D eigenvalue weighted by molar-refractivity contribution is 0.0949. The maximum atomic E-state index is 12.2. The minimum absolute atomic E-state index is 0.135. The molecule has 2 aromatic rings. The largest absolute Gasteiger partial charge is 0.346 e. The summed E-state index contributed by atoms with van der Waals surface area (Å²) < 4.78 is 23.1. The Kier molecular flexibility index (Phi) is 4.37. The summed E-state index contributed by atoms with van der Waals surface area (Å²) in [5.74, 6) is -0.316. The highest BCUT2D eigenvalue weighted by Crippen LogP contribution is 2.15. The number of aromatic nitrogens is 1. The van der Waals surface area contributed by atoms with E-state index in [1.807, 2.05) is 6.07 Å². The highest BCUT2D eigenvalue weighted by atomic mass is 32.2. The van der Waals surface area contributed by atoms with E-state index in [1.54, 1.807) is 31.3 Å². The summed E-state index contributed by atoms with van der Waals surface area (Å²) in [5, 5.41) is 2.74. The number of rotatable bonds is 4. The van der Waals surface area contributed by atoms with Gasteiger partial charge in [-0.05, 0) is 36.8 Å². The molecular weight excluding hydrogens is 288 g/mol. The molecule has 0 saturated carbocycles. The Bertz CT molecular complexity index is 756. The smallest absolute Gasteiger partial charge is 0.251 e. The third-order valence-corrected chi connectivity index (χ3v) is 4.15. The van der Waals surface area contributed by atoms with Gasteiger partial charge in [0.25, 0.3) is 5.91 Å². The molecule has 1 amide bonds. The van der Waals surface area contributed by atoms with Crippen molar-refractivity contribution >= 4 is 15.7 Å². The van der Waals surface area contributed by atoms with Crippen LogP contribution >= 0.6 is 0 Å². The van der Waals surface area contributed by atoms with Crippen LogP contribution in [0.15, 0.2) is 47.5 Å². The molecule has 110 valence electrons. The van der Waals surface area contributed by atoms with Crippen molar-refractivity contribution in [3.8, 4) is 0 Å². The maximum absolute atomic E-state index is 12.2. The zero-order chi connectivity index (χ0) is 15.5. The molecule has 21 heavy (non-hydrogen) atoms. The van der Waals surface area contributed by atoms with Gasteiger partial charge < -0.3 is 5.32 Å². The number of benzene rings is 1. The van der Waals surface area contributed by atoms with Crippen LogP contribution in [0.3, 0.4) is 0 Å². The summed E-state index contributed by atoms with van der Waals surface area (Å²) in [6.07, 6.45) is 2.77. The molecule has 0 spiro atoms. The minimum atomic E-state index is -3.34. The van der Waals surface area contributed by atoms with E-state index in [2.05, 4.69) is 10.3 Å². The van der Waals surface area contributed by atoms with Crippen LogP contribution in [-0.4, -0.2) is 25.6 Å². The van der Waals surface area contributed by atoms with E-state index in [1.165, 1.54) is 12.1 Å². The highest BCUT2D eigenvalue weighted by Gasteiger charge is 2.14. The van der Waals surface area contributed by atoms with E-state index in [0.717, 1.165) is 17.5 Å². The number of aryl methyl sites for hydroxylation is 1. The van der Waals surface area contributed by atoms with Gasteiger partial charge in [0.05, 0.1) is 17.1 Å². The molecule has 0 aliphatic carbocycles. The number of nitrogens with one attached hydrogen (secondary N) is 1. The van der Waals surface area contributed by atoms with Gasteiger partial charge in [-0.15, -0.1) is 0 Å². The minimum Gasteiger partial charge on any atom is -0.346 e. The maximum Gasteiger partial charge on any atom is 0.251 e. The quantitative estimate of drug-likeness (QED) is 0.933. The molecular formula is C15H16N2O3S. The number of pyridine rings is 1. The molecule has 0 fully saturated rings. The Morgan fingerprint density at radius 3 is 2.62 bits per heavy atom. The van der Waals surface area contributed by atoms with Crippen LogP contribution in [-0.2, 0) is 16.4 Å². The van der Waals surface area contributed by atoms with Crippen molar-refractivity contribution in [2.75, 3.05) is 6.26 Å². The molecule has 0 unspecified atom stereocenters. The van der Waals surface area contributed by atoms with Crippen molar-refractivity contribution in [3.05, 3.63) is 59.4 Å². The van der Waals surface area contributed by atoms with Crippen LogP contribution in [0.2, 0.25) is 0 Å². The molecule has 1 aromatic carbocycles. The summed E-state index contributed by atoms with van der Waals surface area (Å²) in [7, 11) is -3.34. The van der Waals surface area contributed by atoms with Crippen LogP contribution in [0.25, 0.3) is 0 Å². The van der Waals surface area contributed by atoms with Crippen molar-refractivity contribution < 1.29 is 13.2 Å². The molecule has 0 aliphatic heterocycles. The Hall–Kier alpha value is -2.21. The Labute approximate surface area is 124 Å². The fourth-order valence-electron chi connectivity index (χ4n) is 1.85. The normalized spacial score (nSPS) is 11.1. The Morgan fingerprint density at radius 1 is 1.24 bits per heavy atom. The average Bonchev–Trinajstić information content (AvgIpc) is 2.45. The van der Waals surface area contributed by atoms with Gasteiger partial charge in [-0.3, -0.25) is 9.78 Å². The molecule has 1 N–H and O–H groups in total. The summed E-state index contributed by atoms with van der Waals surface area (Å²) in [5.41, 5.74) is 1.82. The Balaban J connectivity index is 2.19. The van der Waals surface area contributed by atoms with Crippen LogP contribution in [0.1, 0.15) is 21.6 Å². The first-order valence-electron chi connectivity index (χ1n) is 6.37. The molecule has 0 atom stereocenters. The van der Waals surface area contributed by atoms with E-state index in [9.17, 15) is 13.2 Å². The SMILES string of the molecule is Cc1ccc(S(C)(=O)=O)cc1C(=O)NCc1ccccn1. The summed E-state index contributed by atoms with van der Waals surface area (Å²) in [6.45, 7) is 2.06. The lowest BCUT2D eigenvalue weighted by atomic mass is 10.1. The van der Waals surface area contributed by atoms with Crippen molar-refractivity contribution in [2.24, 2.45) is 0 Å². The second-order valence-electron chi connectivity index (χ2n) is 4.75. The number of hydrogen-bond donors (Lipinski definition) is 1. The second kappa shape index (κ2) is 6.05. The van der Waals surface area contributed by atoms with Crippen LogP contribution in [0.5, 0.6) is 0 Å². The lowest BCUT2D eigenvalue weighted by Crippen LogP contribution is -2.24. The lowest BCUT2D eigenvalue weighted by Gasteiger charge is -2.09. The fraction of sp³-hybridized carbons (Fsp3) is 0.200. The molecule has 0 saturated heterocycles. The first-order valence-corrected chi connectivity index (χ1v) is 8.26. The van der Waals surface area contributed by atoms with E-state index >= 15 is 0 Å². The number of amides is 1. The number of carbonyl (C=O) groups is 1. The number of carbonyl (C=O) groups excluding carboxylic acids is 1. The monoisotopic (exact) mass is 304 g/mol. The van der Waals surface area contributed by atoms with Crippen molar-refractivity contribution in [3.63, 3.8) is 0 Å². The predicted octanol–water partition coefficient (Wildman–Crippen LogP) is 1.72. The highest BCUT2D eigenvalue weighted by molar-refractivity contribution is 7.90. The van der Waals surface area contributed by atoms with Gasteiger partial charge in [0.2, 0.25) is 0 Å². The predicted molar refractivity (Wildman–Crippen MR) is 79.7 cm³/mol. The van der Waals surface area contributed by atoms with Gasteiger partial charge in [0.1, 0.15) is 0 Å². The number of sulfone groups is 1. The van der Waals surface area contributed by atoms with E-state index in [4.69, 9.17) is 0 Å². The zero-order valence-electron chi connectivity index (χ0n) is 11.8. The molecule has 6 heteroatoms. The van der Waals surface area contributed by atoms with E-state index in [-0.39, 0.29) is 10.8 Å². The zero-order valence-corrected chi connectivity index (χ0v) is 12.6. The molecule has 0 aliphatic rings. The standard InChI is InChI=1S/C15H16N2O3S/c1-11-6-7-13(21(2,19)20)9-14(11)15(18)17-10-12-5-3-4-8-16-12/h3-9H,10H2,1-2H3,(H,17,18). The van der Waals surface area contributed by atoms with Crippen LogP contribution in [0, 0.1) is 6.92 Å². The van der Waals surface area contributed by atoms with Crippen molar-refractivity contribution in [1.29, 1.82) is 0 Å². The van der Waals surface area contributed by atoms with Gasteiger partial charge in [-0.1, -0.05) is 12.1 Å². The molecule has 5 nitrogen and oxygen atoms in total. The van der Waals surface area contributed by atoms with Crippen LogP contribution < -0.4 is 5.32 Å². The van der Waals surface area contributed by atoms with Crippen LogP contribution in [0.4, 0.5) is 0 Å². The third-order valence-electron chi connectivity index (χ3n) is 3.04. The van der Waals surface area contributed by atoms with Crippen molar-refractivity contribution in [1.82, 2.24) is 10.3 Å². The first-order chi connectivity index (χ1) is 9.88. The van der Waals surface area contributed by atoms with Gasteiger partial charge in [0.15, 0.2) is 9.84 Å². The van der Waals surface area contributed by atoms with Gasteiger partial charge in [-0.25, -0.2) is 8.42 Å². The summed E-state index contributed by atoms with van der Waals surface area (Å²) >= 11 is 0. The van der Waals surface area contributed by atoms with Gasteiger partial charge in [0, 0.05) is 18.0 Å². The summed E-state index contributed by atoms with van der Waals surface area (Å²) in [6, 6.07) is 9.97. The molecule has 0 bridgehead atoms. The van der Waals surface area contributed by atoms with Gasteiger partial charge in [-0.2, -0.15) is 0 Å². The van der Waals surface area contributed by atoms with Crippen molar-refractivity contribution in [2.45, 2.75) is 18.4 Å². The molecule has 1 heterocycles. The first kappa shape index (κ1) is 15.2. The topological polar surface area (TPSA) is 76.1 Å². The number of hydrogen-bond acceptors (Lipinski definition) is 4. The average molecular weight is 304 g/mol. The van der Waals surface area contributed by atoms with Gasteiger partial charge >= 0.3 is 0 Å². The molecule has 1 aromatic heterocycles. The second-order valence-corrected chi connectivity index (χ2v) is 6.77. The summed E-state index contributed by atoms with van der Waals surface area (Å²) in [4.78, 5) is 16.4. The third kappa shape index (κ3) is 3.88.